The Kier molecular flexibility index (Phi) is 9.54. The van der Waals surface area contributed by atoms with Crippen molar-refractivity contribution in [3.05, 3.63) is 32.9 Å². The maximum atomic E-state index is 14.0. The second-order valence-corrected chi connectivity index (χ2v) is 14.1. The van der Waals surface area contributed by atoms with E-state index in [1.807, 2.05) is 4.90 Å². The molecule has 42 heavy (non-hydrogen) atoms. The van der Waals surface area contributed by atoms with Gasteiger partial charge in [0.1, 0.15) is 18.5 Å². The van der Waals surface area contributed by atoms with Crippen LogP contribution in [0, 0.1) is 32.7 Å². The van der Waals surface area contributed by atoms with Crippen LogP contribution in [0.3, 0.4) is 0 Å². The number of fused-ring (bicyclic) bond motifs is 2. The van der Waals surface area contributed by atoms with Crippen molar-refractivity contribution >= 4 is 40.7 Å². The van der Waals surface area contributed by atoms with Crippen molar-refractivity contribution in [2.75, 3.05) is 26.8 Å². The number of hydrogen-bond acceptors (Lipinski definition) is 7. The molecule has 230 valence electrons. The lowest BCUT2D eigenvalue weighted by Crippen LogP contribution is -2.60. The molecule has 5 aliphatic rings. The fourth-order valence-electron chi connectivity index (χ4n) is 7.55. The van der Waals surface area contributed by atoms with Gasteiger partial charge >= 0.3 is 0 Å². The Morgan fingerprint density at radius 2 is 1.98 bits per heavy atom. The predicted octanol–water partition coefficient (Wildman–Crippen LogP) is 3.73. The van der Waals surface area contributed by atoms with E-state index < -0.39 is 18.2 Å². The molecule has 0 aliphatic heterocycles. The van der Waals surface area contributed by atoms with Crippen LogP contribution in [0.1, 0.15) is 69.2 Å². The Balaban J connectivity index is 1.48. The van der Waals surface area contributed by atoms with E-state index in [0.717, 1.165) is 44.3 Å². The largest absolute Gasteiger partial charge is 0.493 e. The number of carbonyl (C=O) groups excluding carboxylic acids is 3. The molecule has 9 nitrogen and oxygen atoms in total. The van der Waals surface area contributed by atoms with Gasteiger partial charge in [-0.15, -0.1) is 0 Å². The number of aliphatic hydroxyl groups excluding tert-OH is 2. The minimum atomic E-state index is -1.10. The maximum Gasteiger partial charge on any atom is 0.247 e. The first kappa shape index (κ1) is 31.3. The molecule has 0 aromatic heterocycles. The van der Waals surface area contributed by atoms with Crippen LogP contribution < -0.4 is 14.8 Å². The average molecular weight is 695 g/mol. The number of carbonyl (C=O) groups is 3. The van der Waals surface area contributed by atoms with Crippen molar-refractivity contribution in [1.29, 1.82) is 0 Å². The van der Waals surface area contributed by atoms with Crippen LogP contribution in [-0.4, -0.2) is 78.3 Å². The van der Waals surface area contributed by atoms with Crippen LogP contribution in [-0.2, 0) is 9.59 Å². The lowest BCUT2D eigenvalue weighted by Gasteiger charge is -2.61. The average Bonchev–Trinajstić information content (AvgIpc) is 2.95. The molecule has 4 saturated carbocycles. The standard InChI is InChI=1S/C32H43IN2O7/c1-32(2)22-8-7-20(23(32)15-22)16-35(31(40)19-5-4-6-19)25-13-21(30(39)34-9-10-36)14-26(28(25)38)42-29-24(33)11-18(17-37)12-27(29)41-3/h11-12,14,17,19-20,22-23,25-26,28,36,38H,4-10,13,15-16H2,1-3H3,(H,34,39)/t20-,22-,23-,25+,26-,28-/m0/s1. The third kappa shape index (κ3) is 5.95. The molecule has 1 aromatic rings. The lowest BCUT2D eigenvalue weighted by atomic mass is 9.45. The van der Waals surface area contributed by atoms with Crippen LogP contribution in [0.2, 0.25) is 0 Å². The molecule has 0 heterocycles. The summed E-state index contributed by atoms with van der Waals surface area (Å²) in [6.07, 6.45) is 6.61. The zero-order valence-corrected chi connectivity index (χ0v) is 26.8. The number of benzene rings is 1. The summed E-state index contributed by atoms with van der Waals surface area (Å²) in [5.41, 5.74) is 1.08. The zero-order valence-electron chi connectivity index (χ0n) is 24.7. The Hall–Kier alpha value is -2.18. The van der Waals surface area contributed by atoms with Gasteiger partial charge in [-0.05, 0) is 96.1 Å². The SMILES string of the molecule is COc1cc(C=O)cc(I)c1O[C@H]1C=C(C(=O)NCCO)C[C@@H](N(C[C@@H]2CC[C@H]3C[C@@H]2C3(C)C)C(=O)C2CCC2)[C@@H]1O. The summed E-state index contributed by atoms with van der Waals surface area (Å²) < 4.78 is 12.5. The summed E-state index contributed by atoms with van der Waals surface area (Å²) in [4.78, 5) is 40.6. The molecule has 1 aromatic carbocycles. The number of aliphatic hydroxyl groups is 2. The van der Waals surface area contributed by atoms with Gasteiger partial charge in [0.2, 0.25) is 11.8 Å². The highest BCUT2D eigenvalue weighted by Gasteiger charge is 2.55. The van der Waals surface area contributed by atoms with Crippen molar-refractivity contribution < 1.29 is 34.1 Å². The van der Waals surface area contributed by atoms with E-state index in [-0.39, 0.29) is 42.7 Å². The predicted molar refractivity (Wildman–Crippen MR) is 165 cm³/mol. The van der Waals surface area contributed by atoms with Gasteiger partial charge < -0.3 is 29.9 Å². The maximum absolute atomic E-state index is 14.0. The molecule has 0 spiro atoms. The molecule has 3 N–H and O–H groups in total. The van der Waals surface area contributed by atoms with Crippen LogP contribution >= 0.6 is 22.6 Å². The van der Waals surface area contributed by atoms with Crippen molar-refractivity contribution in [3.63, 3.8) is 0 Å². The third-order valence-electron chi connectivity index (χ3n) is 10.4. The van der Waals surface area contributed by atoms with E-state index in [0.29, 0.717) is 44.6 Å². The molecule has 2 amide bonds. The number of amides is 2. The van der Waals surface area contributed by atoms with E-state index in [4.69, 9.17) is 9.47 Å². The molecule has 0 unspecified atom stereocenters. The summed E-state index contributed by atoms with van der Waals surface area (Å²) >= 11 is 2.06. The Morgan fingerprint density at radius 3 is 2.57 bits per heavy atom. The summed E-state index contributed by atoms with van der Waals surface area (Å²) in [5, 5.41) is 23.9. The Morgan fingerprint density at radius 1 is 1.21 bits per heavy atom. The first-order valence-electron chi connectivity index (χ1n) is 15.2. The first-order chi connectivity index (χ1) is 20.1. The minimum Gasteiger partial charge on any atom is -0.493 e. The minimum absolute atomic E-state index is 0.0582. The van der Waals surface area contributed by atoms with Crippen molar-refractivity contribution in [3.8, 4) is 11.5 Å². The number of nitrogens with one attached hydrogen (secondary N) is 1. The van der Waals surface area contributed by atoms with Crippen molar-refractivity contribution in [2.45, 2.75) is 77.0 Å². The van der Waals surface area contributed by atoms with Gasteiger partial charge in [-0.3, -0.25) is 14.4 Å². The second kappa shape index (κ2) is 12.8. The summed E-state index contributed by atoms with van der Waals surface area (Å²) in [6.45, 7) is 5.14. The number of ether oxygens (including phenoxy) is 2. The summed E-state index contributed by atoms with van der Waals surface area (Å²) in [5.74, 6) is 1.95. The first-order valence-corrected chi connectivity index (χ1v) is 16.2. The van der Waals surface area contributed by atoms with Gasteiger partial charge in [-0.1, -0.05) is 20.3 Å². The number of nitrogens with zero attached hydrogens (tertiary/aromatic N) is 1. The van der Waals surface area contributed by atoms with Gasteiger partial charge in [0, 0.05) is 36.6 Å². The molecule has 0 radical (unpaired) electrons. The van der Waals surface area contributed by atoms with E-state index in [9.17, 15) is 24.6 Å². The summed E-state index contributed by atoms with van der Waals surface area (Å²) in [6, 6.07) is 2.58. The Labute approximate surface area is 261 Å². The molecule has 10 heteroatoms. The van der Waals surface area contributed by atoms with E-state index in [2.05, 4.69) is 41.8 Å². The fourth-order valence-corrected chi connectivity index (χ4v) is 8.30. The van der Waals surface area contributed by atoms with Crippen LogP contribution in [0.15, 0.2) is 23.8 Å². The number of aldehydes is 1. The number of methoxy groups -OCH3 is 1. The molecule has 4 fully saturated rings. The topological polar surface area (TPSA) is 125 Å². The lowest BCUT2D eigenvalue weighted by molar-refractivity contribution is -0.154. The normalized spacial score (nSPS) is 29.8. The Bertz CT molecular complexity index is 1230. The summed E-state index contributed by atoms with van der Waals surface area (Å²) in [7, 11) is 1.48. The molecule has 6 atom stereocenters. The van der Waals surface area contributed by atoms with Gasteiger partial charge in [-0.2, -0.15) is 0 Å². The molecule has 2 bridgehead atoms. The molecule has 6 rings (SSSR count). The van der Waals surface area contributed by atoms with E-state index in [1.54, 1.807) is 18.2 Å². The molecular formula is C32H43IN2O7. The molecule has 5 aliphatic carbocycles. The quantitative estimate of drug-likeness (QED) is 0.238. The van der Waals surface area contributed by atoms with E-state index in [1.165, 1.54) is 13.5 Å². The number of halogens is 1. The smallest absolute Gasteiger partial charge is 0.247 e. The van der Waals surface area contributed by atoms with Gasteiger partial charge in [0.25, 0.3) is 0 Å². The van der Waals surface area contributed by atoms with Gasteiger partial charge in [-0.25, -0.2) is 0 Å². The molecular weight excluding hydrogens is 651 g/mol. The van der Waals surface area contributed by atoms with E-state index >= 15 is 0 Å². The second-order valence-electron chi connectivity index (χ2n) is 13.0. The fraction of sp³-hybridized carbons (Fsp3) is 0.656. The van der Waals surface area contributed by atoms with Crippen molar-refractivity contribution in [2.24, 2.45) is 29.1 Å². The third-order valence-corrected chi connectivity index (χ3v) is 11.2. The highest BCUT2D eigenvalue weighted by Crippen LogP contribution is 2.61. The van der Waals surface area contributed by atoms with Crippen LogP contribution in [0.25, 0.3) is 0 Å². The highest BCUT2D eigenvalue weighted by molar-refractivity contribution is 14.1. The molecule has 0 saturated heterocycles. The zero-order chi connectivity index (χ0) is 30.2. The van der Waals surface area contributed by atoms with Gasteiger partial charge in [0.15, 0.2) is 11.5 Å². The van der Waals surface area contributed by atoms with Crippen LogP contribution in [0.4, 0.5) is 0 Å². The monoisotopic (exact) mass is 694 g/mol. The van der Waals surface area contributed by atoms with Crippen LogP contribution in [0.5, 0.6) is 11.5 Å². The van der Waals surface area contributed by atoms with Gasteiger partial charge in [0.05, 0.1) is 23.3 Å². The number of rotatable bonds is 11. The highest BCUT2D eigenvalue weighted by atomic mass is 127. The van der Waals surface area contributed by atoms with Crippen molar-refractivity contribution in [1.82, 2.24) is 10.2 Å². The number of hydrogen-bond donors (Lipinski definition) is 3.